The summed E-state index contributed by atoms with van der Waals surface area (Å²) in [6.07, 6.45) is 8.75. The Balaban J connectivity index is 1.73. The van der Waals surface area contributed by atoms with E-state index in [-0.39, 0.29) is 0 Å². The fourth-order valence-electron chi connectivity index (χ4n) is 3.79. The first-order valence-corrected chi connectivity index (χ1v) is 10.5. The van der Waals surface area contributed by atoms with Crippen molar-refractivity contribution < 1.29 is 0 Å². The number of nitrogens with zero attached hydrogens (tertiary/aromatic N) is 5. The van der Waals surface area contributed by atoms with Crippen molar-refractivity contribution >= 4 is 11.6 Å². The minimum Gasteiger partial charge on any atom is -0.333 e. The highest BCUT2D eigenvalue weighted by molar-refractivity contribution is 6.30. The van der Waals surface area contributed by atoms with Gasteiger partial charge in [-0.2, -0.15) is 5.10 Å². The van der Waals surface area contributed by atoms with Crippen LogP contribution in [0.25, 0.3) is 11.5 Å². The average molecular weight is 393 g/mol. The Labute approximate surface area is 167 Å². The molecule has 0 saturated carbocycles. The van der Waals surface area contributed by atoms with Crippen LogP contribution in [0, 0.1) is 5.92 Å². The van der Waals surface area contributed by atoms with Gasteiger partial charge in [0.15, 0.2) is 5.82 Å². The van der Waals surface area contributed by atoms with Gasteiger partial charge in [0.2, 0.25) is 0 Å². The molecule has 2 aromatic rings. The smallest absolute Gasteiger partial charge is 0.160 e. The van der Waals surface area contributed by atoms with Crippen molar-refractivity contribution in [3.8, 4) is 11.5 Å². The van der Waals surface area contributed by atoms with Crippen molar-refractivity contribution in [3.05, 3.63) is 23.1 Å². The Bertz CT molecular complexity index is 735. The van der Waals surface area contributed by atoms with Crippen LogP contribution in [-0.4, -0.2) is 49.9 Å². The van der Waals surface area contributed by atoms with E-state index in [0.717, 1.165) is 49.2 Å². The number of nitrogens with one attached hydrogen (secondary N) is 1. The quantitative estimate of drug-likeness (QED) is 0.783. The largest absolute Gasteiger partial charge is 0.333 e. The molecule has 2 aromatic heterocycles. The number of imidazole rings is 1. The van der Waals surface area contributed by atoms with Crippen LogP contribution >= 0.6 is 11.6 Å². The third kappa shape index (κ3) is 5.12. The lowest BCUT2D eigenvalue weighted by Crippen LogP contribution is -2.40. The average Bonchev–Trinajstić information content (AvgIpc) is 3.05. The maximum atomic E-state index is 6.62. The first-order chi connectivity index (χ1) is 13.0. The van der Waals surface area contributed by atoms with Gasteiger partial charge in [0.05, 0.1) is 0 Å². The molecule has 1 atom stereocenters. The maximum Gasteiger partial charge on any atom is 0.160 e. The molecule has 1 fully saturated rings. The van der Waals surface area contributed by atoms with Crippen LogP contribution in [0.5, 0.6) is 0 Å². The van der Waals surface area contributed by atoms with Crippen LogP contribution in [0.1, 0.15) is 45.1 Å². The lowest BCUT2D eigenvalue weighted by molar-refractivity contribution is 0.250. The zero-order chi connectivity index (χ0) is 19.4. The molecule has 1 aliphatic rings. The Morgan fingerprint density at radius 2 is 2.11 bits per heavy atom. The van der Waals surface area contributed by atoms with E-state index in [1.165, 1.54) is 25.7 Å². The third-order valence-electron chi connectivity index (χ3n) is 5.39. The van der Waals surface area contributed by atoms with Crippen molar-refractivity contribution in [2.75, 3.05) is 19.6 Å². The highest BCUT2D eigenvalue weighted by Crippen LogP contribution is 2.29. The molecule has 1 saturated heterocycles. The minimum absolute atomic E-state index is 0.554. The van der Waals surface area contributed by atoms with E-state index >= 15 is 0 Å². The number of aromatic nitrogens is 4. The highest BCUT2D eigenvalue weighted by atomic mass is 35.5. The lowest BCUT2D eigenvalue weighted by atomic mass is 10.1. The predicted molar refractivity (Wildman–Crippen MR) is 111 cm³/mol. The summed E-state index contributed by atoms with van der Waals surface area (Å²) in [5.74, 6) is 1.61. The molecular weight excluding hydrogens is 360 g/mol. The normalized spacial score (nSPS) is 19.0. The van der Waals surface area contributed by atoms with Crippen LogP contribution in [0.2, 0.25) is 5.15 Å². The predicted octanol–water partition coefficient (Wildman–Crippen LogP) is 3.46. The van der Waals surface area contributed by atoms with Crippen molar-refractivity contribution in [2.24, 2.45) is 20.0 Å². The molecule has 1 aliphatic heterocycles. The summed E-state index contributed by atoms with van der Waals surface area (Å²) in [4.78, 5) is 7.01. The van der Waals surface area contributed by atoms with E-state index in [4.69, 9.17) is 11.6 Å². The fourth-order valence-corrected chi connectivity index (χ4v) is 3.98. The lowest BCUT2D eigenvalue weighted by Gasteiger charge is -2.25. The summed E-state index contributed by atoms with van der Waals surface area (Å²) in [5, 5.41) is 9.13. The molecule has 0 amide bonds. The molecular formula is C20H33ClN6. The van der Waals surface area contributed by atoms with E-state index in [0.29, 0.717) is 11.2 Å². The zero-order valence-corrected chi connectivity index (χ0v) is 17.8. The number of aryl methyl sites for hydroxylation is 2. The molecule has 0 bridgehead atoms. The molecule has 7 heteroatoms. The zero-order valence-electron chi connectivity index (χ0n) is 17.1. The van der Waals surface area contributed by atoms with Gasteiger partial charge < -0.3 is 9.88 Å². The van der Waals surface area contributed by atoms with E-state index < -0.39 is 0 Å². The SMILES string of the molecule is CC(C)CCNC1CCCCN(Cc2c(-c3nccn3C)nn(C)c2Cl)C1. The van der Waals surface area contributed by atoms with Crippen molar-refractivity contribution in [1.29, 1.82) is 0 Å². The molecule has 0 aromatic carbocycles. The Morgan fingerprint density at radius 3 is 2.81 bits per heavy atom. The van der Waals surface area contributed by atoms with Gasteiger partial charge in [0, 0.05) is 51.2 Å². The molecule has 1 N–H and O–H groups in total. The van der Waals surface area contributed by atoms with Crippen LogP contribution in [-0.2, 0) is 20.6 Å². The summed E-state index contributed by atoms with van der Waals surface area (Å²) in [5.41, 5.74) is 1.97. The Morgan fingerprint density at radius 1 is 1.30 bits per heavy atom. The van der Waals surface area contributed by atoms with Crippen LogP contribution in [0.3, 0.4) is 0 Å². The second kappa shape index (κ2) is 9.22. The summed E-state index contributed by atoms with van der Waals surface area (Å²) in [7, 11) is 3.90. The van der Waals surface area contributed by atoms with Gasteiger partial charge in [-0.15, -0.1) is 0 Å². The third-order valence-corrected chi connectivity index (χ3v) is 5.87. The molecule has 1 unspecified atom stereocenters. The summed E-state index contributed by atoms with van der Waals surface area (Å²) >= 11 is 6.62. The van der Waals surface area contributed by atoms with E-state index in [1.807, 2.05) is 31.1 Å². The maximum absolute atomic E-state index is 6.62. The van der Waals surface area contributed by atoms with Gasteiger partial charge in [0.1, 0.15) is 10.8 Å². The minimum atomic E-state index is 0.554. The molecule has 3 heterocycles. The Hall–Kier alpha value is -1.37. The first-order valence-electron chi connectivity index (χ1n) is 10.1. The molecule has 150 valence electrons. The number of hydrogen-bond acceptors (Lipinski definition) is 4. The van der Waals surface area contributed by atoms with E-state index in [9.17, 15) is 0 Å². The molecule has 0 radical (unpaired) electrons. The highest BCUT2D eigenvalue weighted by Gasteiger charge is 2.24. The van der Waals surface area contributed by atoms with Crippen molar-refractivity contribution in [3.63, 3.8) is 0 Å². The van der Waals surface area contributed by atoms with Gasteiger partial charge >= 0.3 is 0 Å². The van der Waals surface area contributed by atoms with Crippen LogP contribution in [0.15, 0.2) is 12.4 Å². The standard InChI is InChI=1S/C20H33ClN6/c1-15(2)8-9-22-16-7-5-6-11-27(13-16)14-17-18(24-26(4)19(17)21)20-23-10-12-25(20)3/h10,12,15-16,22H,5-9,11,13-14H2,1-4H3. The molecule has 3 rings (SSSR count). The summed E-state index contributed by atoms with van der Waals surface area (Å²) < 4.78 is 3.76. The van der Waals surface area contributed by atoms with Crippen LogP contribution in [0.4, 0.5) is 0 Å². The van der Waals surface area contributed by atoms with Gasteiger partial charge in [-0.3, -0.25) is 9.58 Å². The van der Waals surface area contributed by atoms with E-state index in [2.05, 4.69) is 34.1 Å². The number of likely N-dealkylation sites (tertiary alicyclic amines) is 1. The first kappa shape index (κ1) is 20.4. The summed E-state index contributed by atoms with van der Waals surface area (Å²) in [6.45, 7) is 8.64. The number of halogens is 1. The van der Waals surface area contributed by atoms with Crippen LogP contribution < -0.4 is 5.32 Å². The number of rotatable bonds is 7. The Kier molecular flexibility index (Phi) is 6.95. The molecule has 0 spiro atoms. The van der Waals surface area contributed by atoms with Gasteiger partial charge in [-0.1, -0.05) is 31.9 Å². The number of hydrogen-bond donors (Lipinski definition) is 1. The van der Waals surface area contributed by atoms with Gasteiger partial charge in [0.25, 0.3) is 0 Å². The van der Waals surface area contributed by atoms with Crippen molar-refractivity contribution in [2.45, 2.75) is 52.1 Å². The topological polar surface area (TPSA) is 50.9 Å². The summed E-state index contributed by atoms with van der Waals surface area (Å²) in [6, 6.07) is 0.554. The van der Waals surface area contributed by atoms with Gasteiger partial charge in [-0.05, 0) is 38.3 Å². The monoisotopic (exact) mass is 392 g/mol. The molecule has 27 heavy (non-hydrogen) atoms. The molecule has 6 nitrogen and oxygen atoms in total. The second-order valence-corrected chi connectivity index (χ2v) is 8.53. The fraction of sp³-hybridized carbons (Fsp3) is 0.700. The second-order valence-electron chi connectivity index (χ2n) is 8.17. The van der Waals surface area contributed by atoms with Crippen molar-refractivity contribution in [1.82, 2.24) is 29.5 Å². The molecule has 0 aliphatic carbocycles. The van der Waals surface area contributed by atoms with E-state index in [1.54, 1.807) is 4.68 Å². The van der Waals surface area contributed by atoms with Gasteiger partial charge in [-0.25, -0.2) is 4.98 Å².